The van der Waals surface area contributed by atoms with Crippen molar-refractivity contribution in [2.45, 2.75) is 25.4 Å². The van der Waals surface area contributed by atoms with Crippen LogP contribution < -0.4 is 0 Å². The monoisotopic (exact) mass is 343 g/mol. The summed E-state index contributed by atoms with van der Waals surface area (Å²) in [5, 5.41) is 0. The van der Waals surface area contributed by atoms with E-state index in [1.54, 1.807) is 0 Å². The fourth-order valence-corrected chi connectivity index (χ4v) is 4.28. The average Bonchev–Trinajstić information content (AvgIpc) is 2.82. The van der Waals surface area contributed by atoms with Crippen LogP contribution in [0.3, 0.4) is 0 Å². The molecule has 2 atom stereocenters. The average molecular weight is 343 g/mol. The van der Waals surface area contributed by atoms with E-state index >= 15 is 0 Å². The Morgan fingerprint density at radius 2 is 1.96 bits per heavy atom. The molecule has 0 aromatic heterocycles. The molecular weight excluding hydrogens is 318 g/mol. The Morgan fingerprint density at radius 1 is 1.12 bits per heavy atom. The van der Waals surface area contributed by atoms with Gasteiger partial charge in [-0.25, -0.2) is 4.79 Å². The van der Waals surface area contributed by atoms with Crippen LogP contribution >= 0.6 is 0 Å². The number of ether oxygens (including phenoxy) is 1. The van der Waals surface area contributed by atoms with Gasteiger partial charge in [0.25, 0.3) is 0 Å². The number of amides is 2. The molecule has 25 heavy (non-hydrogen) atoms. The van der Waals surface area contributed by atoms with Gasteiger partial charge in [0.05, 0.1) is 6.54 Å². The zero-order chi connectivity index (χ0) is 17.2. The van der Waals surface area contributed by atoms with E-state index < -0.39 is 0 Å². The maximum Gasteiger partial charge on any atom is 0.410 e. The van der Waals surface area contributed by atoms with Gasteiger partial charge in [-0.2, -0.15) is 0 Å². The molecule has 2 bridgehead atoms. The first kappa shape index (κ1) is 16.4. The second-order valence-corrected chi connectivity index (χ2v) is 7.36. The molecule has 4 heterocycles. The van der Waals surface area contributed by atoms with Crippen molar-refractivity contribution in [1.82, 2.24) is 14.7 Å². The first-order chi connectivity index (χ1) is 12.2. The van der Waals surface area contributed by atoms with Crippen molar-refractivity contribution in [2.24, 2.45) is 5.92 Å². The van der Waals surface area contributed by atoms with Crippen LogP contribution in [0, 0.1) is 5.92 Å². The Hall–Kier alpha value is -2.08. The molecule has 2 amide bonds. The Morgan fingerprint density at radius 3 is 2.72 bits per heavy atom. The Labute approximate surface area is 148 Å². The maximum atomic E-state index is 12.8. The summed E-state index contributed by atoms with van der Waals surface area (Å²) in [6, 6.07) is 10.8. The number of piperidine rings is 1. The molecule has 134 valence electrons. The highest BCUT2D eigenvalue weighted by molar-refractivity contribution is 5.83. The number of cyclic esters (lactones) is 1. The van der Waals surface area contributed by atoms with Gasteiger partial charge in [0, 0.05) is 32.2 Å². The minimum atomic E-state index is -0.362. The molecule has 1 aromatic rings. The highest BCUT2D eigenvalue weighted by atomic mass is 16.6. The van der Waals surface area contributed by atoms with Crippen LogP contribution in [0.15, 0.2) is 30.3 Å². The molecule has 0 aliphatic carbocycles. The molecule has 0 spiro atoms. The lowest BCUT2D eigenvalue weighted by atomic mass is 9.95. The molecule has 0 N–H and O–H groups in total. The van der Waals surface area contributed by atoms with Crippen molar-refractivity contribution in [3.8, 4) is 0 Å². The Bertz CT molecular complexity index is 636. The highest BCUT2D eigenvalue weighted by Gasteiger charge is 2.38. The normalized spacial score (nSPS) is 26.6. The lowest BCUT2D eigenvalue weighted by Crippen LogP contribution is -2.50. The van der Waals surface area contributed by atoms with Crippen LogP contribution in [-0.2, 0) is 16.1 Å². The summed E-state index contributed by atoms with van der Waals surface area (Å²) in [6.07, 6.45) is 1.89. The number of hydrogen-bond donors (Lipinski definition) is 0. The third-order valence-electron chi connectivity index (χ3n) is 5.53. The van der Waals surface area contributed by atoms with E-state index in [0.29, 0.717) is 19.1 Å². The summed E-state index contributed by atoms with van der Waals surface area (Å²) in [6.45, 7) is 4.78. The highest BCUT2D eigenvalue weighted by Crippen LogP contribution is 2.29. The molecule has 0 saturated carbocycles. The van der Waals surface area contributed by atoms with Crippen molar-refractivity contribution >= 4 is 12.0 Å². The molecule has 4 aliphatic heterocycles. The van der Waals surface area contributed by atoms with E-state index in [1.165, 1.54) is 16.9 Å². The number of fused-ring (bicyclic) bond motifs is 4. The summed E-state index contributed by atoms with van der Waals surface area (Å²) in [5.74, 6) is 0.590. The summed E-state index contributed by atoms with van der Waals surface area (Å²) in [4.78, 5) is 30.4. The van der Waals surface area contributed by atoms with Gasteiger partial charge in [0.2, 0.25) is 5.91 Å². The molecule has 1 aromatic carbocycles. The first-order valence-electron chi connectivity index (χ1n) is 9.16. The quantitative estimate of drug-likeness (QED) is 0.833. The molecule has 5 rings (SSSR count). The van der Waals surface area contributed by atoms with Gasteiger partial charge in [-0.15, -0.1) is 0 Å². The number of carbonyl (C=O) groups excluding carboxylic acids is 2. The number of rotatable bonds is 4. The number of carbonyl (C=O) groups is 2. The van der Waals surface area contributed by atoms with Crippen LogP contribution in [0.5, 0.6) is 0 Å². The maximum absolute atomic E-state index is 12.8. The zero-order valence-corrected chi connectivity index (χ0v) is 14.5. The van der Waals surface area contributed by atoms with E-state index in [1.807, 2.05) is 11.0 Å². The molecule has 6 heteroatoms. The Balaban J connectivity index is 1.40. The van der Waals surface area contributed by atoms with E-state index in [4.69, 9.17) is 4.74 Å². The SMILES string of the molecule is O=C1OCCN1CC(=O)N1C[C@H]2CC[C@@H]1CN(Cc1ccccc1)C2. The van der Waals surface area contributed by atoms with Gasteiger partial charge in [0.1, 0.15) is 13.2 Å². The molecule has 4 saturated heterocycles. The fourth-order valence-electron chi connectivity index (χ4n) is 4.28. The van der Waals surface area contributed by atoms with Crippen LogP contribution in [-0.4, -0.2) is 72.1 Å². The molecule has 4 fully saturated rings. The van der Waals surface area contributed by atoms with Gasteiger partial charge < -0.3 is 9.64 Å². The van der Waals surface area contributed by atoms with E-state index in [9.17, 15) is 9.59 Å². The fraction of sp³-hybridized carbons (Fsp3) is 0.579. The topological polar surface area (TPSA) is 53.1 Å². The van der Waals surface area contributed by atoms with Crippen LogP contribution in [0.2, 0.25) is 0 Å². The zero-order valence-electron chi connectivity index (χ0n) is 14.5. The van der Waals surface area contributed by atoms with Gasteiger partial charge in [-0.1, -0.05) is 30.3 Å². The van der Waals surface area contributed by atoms with Crippen molar-refractivity contribution in [3.63, 3.8) is 0 Å². The van der Waals surface area contributed by atoms with Gasteiger partial charge >= 0.3 is 6.09 Å². The minimum absolute atomic E-state index is 0.0649. The van der Waals surface area contributed by atoms with E-state index in [0.717, 1.165) is 32.6 Å². The lowest BCUT2D eigenvalue weighted by Gasteiger charge is -2.37. The summed E-state index contributed by atoms with van der Waals surface area (Å²) < 4.78 is 4.93. The van der Waals surface area contributed by atoms with Gasteiger partial charge in [0.15, 0.2) is 0 Å². The predicted octanol–water partition coefficient (Wildman–Crippen LogP) is 1.56. The first-order valence-corrected chi connectivity index (χ1v) is 9.16. The summed E-state index contributed by atoms with van der Waals surface area (Å²) in [7, 11) is 0. The standard InChI is InChI=1S/C19H25N3O3/c23-18(14-21-8-9-25-19(21)24)22-12-16-6-7-17(22)13-20(11-16)10-15-4-2-1-3-5-15/h1-5,16-17H,6-14H2/t16-,17+/m0/s1. The lowest BCUT2D eigenvalue weighted by molar-refractivity contribution is -0.135. The van der Waals surface area contributed by atoms with Crippen molar-refractivity contribution in [2.75, 3.05) is 39.3 Å². The molecule has 0 radical (unpaired) electrons. The molecule has 0 unspecified atom stereocenters. The summed E-state index contributed by atoms with van der Waals surface area (Å²) in [5.41, 5.74) is 1.32. The third-order valence-corrected chi connectivity index (χ3v) is 5.53. The van der Waals surface area contributed by atoms with Crippen LogP contribution in [0.1, 0.15) is 18.4 Å². The number of nitrogens with zero attached hydrogens (tertiary/aromatic N) is 3. The van der Waals surface area contributed by atoms with Crippen LogP contribution in [0.4, 0.5) is 4.79 Å². The predicted molar refractivity (Wildman–Crippen MR) is 92.9 cm³/mol. The smallest absolute Gasteiger partial charge is 0.410 e. The van der Waals surface area contributed by atoms with Crippen molar-refractivity contribution in [3.05, 3.63) is 35.9 Å². The summed E-state index contributed by atoms with van der Waals surface area (Å²) >= 11 is 0. The van der Waals surface area contributed by atoms with Crippen molar-refractivity contribution < 1.29 is 14.3 Å². The minimum Gasteiger partial charge on any atom is -0.448 e. The number of hydrogen-bond acceptors (Lipinski definition) is 4. The second kappa shape index (κ2) is 7.04. The van der Waals surface area contributed by atoms with Crippen LogP contribution in [0.25, 0.3) is 0 Å². The molecule has 4 aliphatic rings. The van der Waals surface area contributed by atoms with Gasteiger partial charge in [-0.3, -0.25) is 14.6 Å². The third kappa shape index (κ3) is 3.63. The molecule has 6 nitrogen and oxygen atoms in total. The van der Waals surface area contributed by atoms with E-state index in [-0.39, 0.29) is 24.6 Å². The van der Waals surface area contributed by atoms with Crippen molar-refractivity contribution in [1.29, 1.82) is 0 Å². The largest absolute Gasteiger partial charge is 0.448 e. The number of benzene rings is 1. The van der Waals surface area contributed by atoms with Gasteiger partial charge in [-0.05, 0) is 24.3 Å². The second-order valence-electron chi connectivity index (χ2n) is 7.36. The molecular formula is C19H25N3O3. The Kier molecular flexibility index (Phi) is 4.61. The van der Waals surface area contributed by atoms with E-state index in [2.05, 4.69) is 29.2 Å².